The van der Waals surface area contributed by atoms with Gasteiger partial charge in [0.05, 0.1) is 0 Å². The van der Waals surface area contributed by atoms with Crippen molar-refractivity contribution in [3.05, 3.63) is 0 Å². The topological polar surface area (TPSA) is 89.9 Å². The SMILES string of the molecule is C.COC(C)C(=O)OC(CCCCCC(=O)O)C(C)=O.[2HH]. The minimum atomic E-state index is -0.830. The van der Waals surface area contributed by atoms with Crippen LogP contribution in [0.3, 0.4) is 0 Å². The van der Waals surface area contributed by atoms with Gasteiger partial charge < -0.3 is 14.6 Å². The van der Waals surface area contributed by atoms with Gasteiger partial charge in [-0.05, 0) is 33.1 Å². The molecule has 1 N–H and O–H groups in total. The number of hydrogen-bond donors (Lipinski definition) is 1. The Morgan fingerprint density at radius 3 is 2.25 bits per heavy atom. The summed E-state index contributed by atoms with van der Waals surface area (Å²) in [7, 11) is 1.39. The van der Waals surface area contributed by atoms with E-state index in [0.29, 0.717) is 25.7 Å². The second-order valence-electron chi connectivity index (χ2n) is 4.41. The molecule has 6 nitrogen and oxygen atoms in total. The van der Waals surface area contributed by atoms with Crippen LogP contribution in [0.4, 0.5) is 0 Å². The molecule has 6 heteroatoms. The van der Waals surface area contributed by atoms with Crippen LogP contribution in [0, 0.1) is 0 Å². The lowest BCUT2D eigenvalue weighted by molar-refractivity contribution is -0.163. The van der Waals surface area contributed by atoms with Gasteiger partial charge in [0, 0.05) is 15.0 Å². The highest BCUT2D eigenvalue weighted by molar-refractivity contribution is 5.84. The van der Waals surface area contributed by atoms with Crippen LogP contribution < -0.4 is 0 Å². The number of methoxy groups -OCH3 is 1. The monoisotopic (exact) mass is 293 g/mol. The van der Waals surface area contributed by atoms with Crippen molar-refractivity contribution in [1.82, 2.24) is 0 Å². The fraction of sp³-hybridized carbons (Fsp3) is 0.786. The number of carboxylic acid groups (broad SMARTS) is 1. The molecule has 0 spiro atoms. The Hall–Kier alpha value is -1.43. The molecule has 0 saturated carbocycles. The summed E-state index contributed by atoms with van der Waals surface area (Å²) in [5.74, 6) is -1.61. The first-order valence-corrected chi connectivity index (χ1v) is 6.34. The highest BCUT2D eigenvalue weighted by Crippen LogP contribution is 2.11. The quantitative estimate of drug-likeness (QED) is 0.491. The van der Waals surface area contributed by atoms with E-state index in [1.54, 1.807) is 6.92 Å². The van der Waals surface area contributed by atoms with Crippen LogP contribution in [0.2, 0.25) is 0 Å². The molecule has 0 bridgehead atoms. The van der Waals surface area contributed by atoms with Crippen molar-refractivity contribution in [3.8, 4) is 0 Å². The summed E-state index contributed by atoms with van der Waals surface area (Å²) < 4.78 is 9.87. The molecule has 0 saturated heterocycles. The van der Waals surface area contributed by atoms with Gasteiger partial charge in [0.25, 0.3) is 0 Å². The van der Waals surface area contributed by atoms with Crippen molar-refractivity contribution in [2.45, 2.75) is 65.6 Å². The Bertz CT molecular complexity index is 319. The van der Waals surface area contributed by atoms with Crippen LogP contribution in [0.25, 0.3) is 0 Å². The molecule has 0 aromatic heterocycles. The van der Waals surface area contributed by atoms with E-state index in [2.05, 4.69) is 0 Å². The van der Waals surface area contributed by atoms with Crippen LogP contribution in [-0.4, -0.2) is 42.1 Å². The number of aliphatic carboxylic acids is 1. The third-order valence-electron chi connectivity index (χ3n) is 2.75. The Balaban J connectivity index is -0.00000162. The van der Waals surface area contributed by atoms with Crippen LogP contribution in [0.15, 0.2) is 0 Å². The van der Waals surface area contributed by atoms with Crippen LogP contribution in [0.1, 0.15) is 54.8 Å². The van der Waals surface area contributed by atoms with Crippen molar-refractivity contribution < 1.29 is 30.4 Å². The van der Waals surface area contributed by atoms with Gasteiger partial charge in [-0.25, -0.2) is 4.79 Å². The molecule has 2 atom stereocenters. The van der Waals surface area contributed by atoms with Crippen molar-refractivity contribution in [2.75, 3.05) is 7.11 Å². The fourth-order valence-corrected chi connectivity index (χ4v) is 1.46. The first-order chi connectivity index (χ1) is 8.88. The van der Waals surface area contributed by atoms with Gasteiger partial charge >= 0.3 is 11.9 Å². The highest BCUT2D eigenvalue weighted by atomic mass is 16.6. The van der Waals surface area contributed by atoms with E-state index in [4.69, 9.17) is 14.6 Å². The van der Waals surface area contributed by atoms with Crippen molar-refractivity contribution in [1.29, 1.82) is 0 Å². The summed E-state index contributed by atoms with van der Waals surface area (Å²) in [5.41, 5.74) is 0. The Kier molecular flexibility index (Phi) is 11.9. The molecule has 0 aliphatic heterocycles. The third-order valence-corrected chi connectivity index (χ3v) is 2.75. The van der Waals surface area contributed by atoms with E-state index in [-0.39, 0.29) is 21.1 Å². The van der Waals surface area contributed by atoms with Gasteiger partial charge in [0.15, 0.2) is 18.0 Å². The average Bonchev–Trinajstić information content (AvgIpc) is 2.34. The lowest BCUT2D eigenvalue weighted by Crippen LogP contribution is -2.31. The molecule has 0 radical (unpaired) electrons. The number of ketones is 1. The summed E-state index contributed by atoms with van der Waals surface area (Å²) in [4.78, 5) is 33.2. The second kappa shape index (κ2) is 11.4. The first-order valence-electron chi connectivity index (χ1n) is 6.34. The molecule has 0 fully saturated rings. The molecule has 120 valence electrons. The molecule has 20 heavy (non-hydrogen) atoms. The molecule has 0 aromatic carbocycles. The van der Waals surface area contributed by atoms with Crippen LogP contribution in [0.5, 0.6) is 0 Å². The zero-order valence-electron chi connectivity index (χ0n) is 11.7. The van der Waals surface area contributed by atoms with Gasteiger partial charge in [-0.15, -0.1) is 0 Å². The Morgan fingerprint density at radius 2 is 1.80 bits per heavy atom. The van der Waals surface area contributed by atoms with Gasteiger partial charge in [-0.3, -0.25) is 9.59 Å². The number of carbonyl (C=O) groups is 3. The number of rotatable bonds is 10. The Labute approximate surface area is 121 Å². The lowest BCUT2D eigenvalue weighted by Gasteiger charge is -2.17. The van der Waals surface area contributed by atoms with Gasteiger partial charge in [0.2, 0.25) is 0 Å². The zero-order valence-corrected chi connectivity index (χ0v) is 11.7. The number of carbonyl (C=O) groups excluding carboxylic acids is 2. The largest absolute Gasteiger partial charge is 0.481 e. The molecule has 0 aromatic rings. The summed E-state index contributed by atoms with van der Waals surface area (Å²) >= 11 is 0. The number of Topliss-reactive ketones (excluding diaryl/α,β-unsaturated/α-hetero) is 1. The van der Waals surface area contributed by atoms with Gasteiger partial charge in [0.1, 0.15) is 0 Å². The van der Waals surface area contributed by atoms with Crippen molar-refractivity contribution in [3.63, 3.8) is 0 Å². The standard InChI is InChI=1S/C13H22O6.CH4.H2/c1-9(14)11(19-13(17)10(2)18-3)7-5-4-6-8-12(15)16;;/h10-11H,4-8H2,1-3H3,(H,15,16);1H4;1H/i;;1+1. The summed E-state index contributed by atoms with van der Waals surface area (Å²) in [6.45, 7) is 2.92. The van der Waals surface area contributed by atoms with E-state index in [1.165, 1.54) is 14.0 Å². The van der Waals surface area contributed by atoms with Gasteiger partial charge in [-0.1, -0.05) is 13.8 Å². The minimum Gasteiger partial charge on any atom is -0.481 e. The number of unbranched alkanes of at least 4 members (excludes halogenated alkanes) is 2. The molecule has 0 rings (SSSR count). The van der Waals surface area contributed by atoms with E-state index in [9.17, 15) is 14.4 Å². The molecule has 0 aliphatic carbocycles. The zero-order chi connectivity index (χ0) is 14.8. The smallest absolute Gasteiger partial charge is 0.335 e. The molecular formula is C14H28O6. The minimum absolute atomic E-state index is 0. The van der Waals surface area contributed by atoms with Gasteiger partial charge in [-0.2, -0.15) is 0 Å². The number of hydrogen-bond acceptors (Lipinski definition) is 5. The van der Waals surface area contributed by atoms with Crippen molar-refractivity contribution >= 4 is 17.7 Å². The normalized spacial score (nSPS) is 12.9. The molecular weight excluding hydrogens is 264 g/mol. The number of esters is 1. The molecule has 0 heterocycles. The molecule has 0 aliphatic rings. The fourth-order valence-electron chi connectivity index (χ4n) is 1.46. The van der Waals surface area contributed by atoms with E-state index >= 15 is 0 Å². The number of carboxylic acids is 1. The number of ether oxygens (including phenoxy) is 2. The Morgan fingerprint density at radius 1 is 1.20 bits per heavy atom. The predicted octanol–water partition coefficient (Wildman–Crippen LogP) is 2.44. The third kappa shape index (κ3) is 9.49. The van der Waals surface area contributed by atoms with E-state index in [1.807, 2.05) is 0 Å². The van der Waals surface area contributed by atoms with Crippen molar-refractivity contribution in [2.24, 2.45) is 0 Å². The average molecular weight is 293 g/mol. The maximum Gasteiger partial charge on any atom is 0.335 e. The maximum absolute atomic E-state index is 11.5. The highest BCUT2D eigenvalue weighted by Gasteiger charge is 2.22. The molecule has 2 unspecified atom stereocenters. The molecule has 0 amide bonds. The van der Waals surface area contributed by atoms with E-state index in [0.717, 1.165) is 0 Å². The maximum atomic E-state index is 11.5. The summed E-state index contributed by atoms with van der Waals surface area (Å²) in [6, 6.07) is 0. The lowest BCUT2D eigenvalue weighted by atomic mass is 10.1. The predicted molar refractivity (Wildman–Crippen MR) is 76.6 cm³/mol. The first kappa shape index (κ1) is 20.9. The summed E-state index contributed by atoms with van der Waals surface area (Å²) in [5, 5.41) is 8.48. The van der Waals surface area contributed by atoms with Crippen LogP contribution in [-0.2, 0) is 23.9 Å². The van der Waals surface area contributed by atoms with E-state index < -0.39 is 24.1 Å². The second-order valence-corrected chi connectivity index (χ2v) is 4.41. The summed E-state index contributed by atoms with van der Waals surface area (Å²) in [6.07, 6.45) is 0.952. The van der Waals surface area contributed by atoms with Crippen LogP contribution >= 0.6 is 0 Å².